The van der Waals surface area contributed by atoms with Gasteiger partial charge in [-0.25, -0.2) is 9.67 Å². The van der Waals surface area contributed by atoms with Crippen molar-refractivity contribution in [1.82, 2.24) is 29.8 Å². The first-order chi connectivity index (χ1) is 28.0. The van der Waals surface area contributed by atoms with Gasteiger partial charge in [-0.15, -0.1) is 16.4 Å². The van der Waals surface area contributed by atoms with Crippen molar-refractivity contribution in [3.05, 3.63) is 211 Å². The normalized spacial score (nSPS) is 11.6. The van der Waals surface area contributed by atoms with E-state index in [0.29, 0.717) is 24.6 Å². The second kappa shape index (κ2) is 16.8. The minimum Gasteiger partial charge on any atom is -0.392 e. The average molecular weight is 769 g/mol. The van der Waals surface area contributed by atoms with Gasteiger partial charge in [0.25, 0.3) is 5.56 Å². The van der Waals surface area contributed by atoms with Crippen LogP contribution in [0.1, 0.15) is 69.5 Å². The zero-order valence-electron chi connectivity index (χ0n) is 32.1. The third-order valence-corrected chi connectivity index (χ3v) is 11.7. The number of aliphatic hydroxyl groups is 1. The number of nitrogens with zero attached hydrogens (tertiary/aromatic N) is 6. The molecule has 0 unspecified atom stereocenters. The van der Waals surface area contributed by atoms with Crippen LogP contribution in [-0.4, -0.2) is 34.9 Å². The number of aromatic nitrogens is 6. The Kier molecular flexibility index (Phi) is 11.1. The smallest absolute Gasteiger partial charge is 0.257 e. The van der Waals surface area contributed by atoms with Crippen LogP contribution in [0.15, 0.2) is 156 Å². The molecule has 0 aliphatic carbocycles. The third-order valence-electron chi connectivity index (χ3n) is 10.8. The molecule has 0 atom stereocenters. The summed E-state index contributed by atoms with van der Waals surface area (Å²) in [6.45, 7) is 4.39. The predicted molar refractivity (Wildman–Crippen MR) is 227 cm³/mol. The maximum absolute atomic E-state index is 14.2. The molecule has 8 rings (SSSR count). The highest BCUT2D eigenvalue weighted by Gasteiger charge is 2.42. The molecule has 9 heteroatoms. The van der Waals surface area contributed by atoms with Crippen LogP contribution in [0.25, 0.3) is 22.5 Å². The Labute approximate surface area is 336 Å². The number of hydrogen-bond donors (Lipinski definition) is 1. The van der Waals surface area contributed by atoms with E-state index in [4.69, 9.17) is 15.3 Å². The Morgan fingerprint density at radius 2 is 1.33 bits per heavy atom. The molecule has 0 bridgehead atoms. The molecule has 0 saturated carbocycles. The summed E-state index contributed by atoms with van der Waals surface area (Å²) in [7, 11) is 0. The number of aryl methyl sites for hydroxylation is 2. The molecule has 0 spiro atoms. The summed E-state index contributed by atoms with van der Waals surface area (Å²) in [5.74, 6) is 1.32. The molecule has 0 saturated heterocycles. The lowest BCUT2D eigenvalue weighted by atomic mass is 9.77. The van der Waals surface area contributed by atoms with Gasteiger partial charge >= 0.3 is 0 Å². The second-order valence-electron chi connectivity index (χ2n) is 14.2. The van der Waals surface area contributed by atoms with Crippen LogP contribution < -0.4 is 5.56 Å². The van der Waals surface area contributed by atoms with Gasteiger partial charge in [-0.3, -0.25) is 9.36 Å². The summed E-state index contributed by atoms with van der Waals surface area (Å²) in [6.07, 6.45) is 3.19. The van der Waals surface area contributed by atoms with Gasteiger partial charge in [0, 0.05) is 22.4 Å². The lowest BCUT2D eigenvalue weighted by molar-refractivity contribution is 0.281. The molecule has 0 fully saturated rings. The Bertz CT molecular complexity index is 2540. The van der Waals surface area contributed by atoms with Crippen molar-refractivity contribution >= 4 is 11.3 Å². The summed E-state index contributed by atoms with van der Waals surface area (Å²) >= 11 is 1.55. The van der Waals surface area contributed by atoms with Gasteiger partial charge in [0.1, 0.15) is 11.4 Å². The maximum Gasteiger partial charge on any atom is 0.257 e. The van der Waals surface area contributed by atoms with Gasteiger partial charge in [0.05, 0.1) is 18.8 Å². The second-order valence-corrected chi connectivity index (χ2v) is 15.2. The lowest BCUT2D eigenvalue weighted by Gasteiger charge is -2.36. The number of thiophene rings is 1. The van der Waals surface area contributed by atoms with E-state index >= 15 is 0 Å². The first-order valence-electron chi connectivity index (χ1n) is 19.4. The van der Waals surface area contributed by atoms with Crippen LogP contribution in [0.5, 0.6) is 0 Å². The van der Waals surface area contributed by atoms with Crippen LogP contribution in [0.4, 0.5) is 0 Å². The molecule has 8 nitrogen and oxygen atoms in total. The predicted octanol–water partition coefficient (Wildman–Crippen LogP) is 9.25. The van der Waals surface area contributed by atoms with Gasteiger partial charge in [0.2, 0.25) is 0 Å². The monoisotopic (exact) mass is 768 g/mol. The number of aliphatic hydroxyl groups excluding tert-OH is 1. The third kappa shape index (κ3) is 7.28. The van der Waals surface area contributed by atoms with Crippen molar-refractivity contribution in [2.45, 2.75) is 58.2 Å². The zero-order valence-corrected chi connectivity index (χ0v) is 32.9. The Morgan fingerprint density at radius 3 is 1.93 bits per heavy atom. The van der Waals surface area contributed by atoms with Crippen LogP contribution in [0, 0.1) is 6.92 Å². The topological polar surface area (TPSA) is 98.7 Å². The average Bonchev–Trinajstić information content (AvgIpc) is 3.95. The summed E-state index contributed by atoms with van der Waals surface area (Å²) < 4.78 is 3.72. The molecular weight excluding hydrogens is 725 g/mol. The fraction of sp³-hybridized carbons (Fsp3) is 0.188. The van der Waals surface area contributed by atoms with Crippen molar-refractivity contribution in [1.29, 1.82) is 0 Å². The van der Waals surface area contributed by atoms with Gasteiger partial charge in [-0.05, 0) is 80.6 Å². The quantitative estimate of drug-likeness (QED) is 0.111. The van der Waals surface area contributed by atoms with E-state index in [9.17, 15) is 9.90 Å². The number of unbranched alkanes of at least 4 members (excludes halogenated alkanes) is 1. The Balaban J connectivity index is 1.20. The SMILES string of the molecule is CCCCc1nc(C)n(Cc2sccc2CO)c(=O)c1Cc1ccc(-c2ccccc2-c2nnnn2C(c2ccccc2)(c2ccccc2)c2ccccc2)cc1. The van der Waals surface area contributed by atoms with E-state index < -0.39 is 5.54 Å². The standard InChI is InChI=1S/C48H44N6O2S/c1-3-4-24-44-43(47(56)53(34(2)49-44)32-45-37(33-55)29-30-57-45)31-35-25-27-36(28-26-35)41-22-14-15-23-42(41)46-50-51-52-54(46)48(38-16-8-5-9-17-38,39-18-10-6-11-19-39)40-20-12-7-13-21-40/h5-23,25-30,55H,3-4,24,31-33H2,1-2H3. The molecule has 57 heavy (non-hydrogen) atoms. The van der Waals surface area contributed by atoms with Crippen LogP contribution >= 0.6 is 11.3 Å². The molecule has 8 aromatic rings. The first-order valence-corrected chi connectivity index (χ1v) is 20.3. The molecule has 284 valence electrons. The maximum atomic E-state index is 14.2. The highest BCUT2D eigenvalue weighted by atomic mass is 32.1. The molecule has 0 aliphatic rings. The molecule has 3 aromatic heterocycles. The fourth-order valence-corrected chi connectivity index (χ4v) is 8.77. The van der Waals surface area contributed by atoms with Gasteiger partial charge in [0.15, 0.2) is 5.82 Å². The summed E-state index contributed by atoms with van der Waals surface area (Å²) in [5, 5.41) is 25.7. The van der Waals surface area contributed by atoms with Crippen molar-refractivity contribution in [2.75, 3.05) is 0 Å². The molecule has 1 N–H and O–H groups in total. The van der Waals surface area contributed by atoms with E-state index in [2.05, 4.69) is 121 Å². The Morgan fingerprint density at radius 1 is 0.737 bits per heavy atom. The van der Waals surface area contributed by atoms with Crippen molar-refractivity contribution in [3.63, 3.8) is 0 Å². The highest BCUT2D eigenvalue weighted by Crippen LogP contribution is 2.43. The van der Waals surface area contributed by atoms with Gasteiger partial charge in [-0.2, -0.15) is 0 Å². The van der Waals surface area contributed by atoms with Crippen molar-refractivity contribution in [3.8, 4) is 22.5 Å². The van der Waals surface area contributed by atoms with E-state index in [1.54, 1.807) is 15.9 Å². The molecule has 0 aliphatic heterocycles. The lowest BCUT2D eigenvalue weighted by Crippen LogP contribution is -2.39. The van der Waals surface area contributed by atoms with Crippen LogP contribution in [0.3, 0.4) is 0 Å². The zero-order chi connectivity index (χ0) is 39.2. The van der Waals surface area contributed by atoms with E-state index in [1.807, 2.05) is 53.4 Å². The van der Waals surface area contributed by atoms with E-state index in [-0.39, 0.29) is 12.2 Å². The van der Waals surface area contributed by atoms with Crippen LogP contribution in [-0.2, 0) is 31.5 Å². The number of tetrazole rings is 1. The minimum atomic E-state index is -0.882. The largest absolute Gasteiger partial charge is 0.392 e. The van der Waals surface area contributed by atoms with Crippen LogP contribution in [0.2, 0.25) is 0 Å². The number of rotatable bonds is 14. The molecule has 5 aromatic carbocycles. The van der Waals surface area contributed by atoms with Crippen molar-refractivity contribution in [2.24, 2.45) is 0 Å². The number of benzene rings is 5. The summed E-state index contributed by atoms with van der Waals surface area (Å²) in [6, 6.07) is 49.8. The molecule has 0 amide bonds. The number of hydrogen-bond acceptors (Lipinski definition) is 7. The van der Waals surface area contributed by atoms with Crippen molar-refractivity contribution < 1.29 is 5.11 Å². The summed E-state index contributed by atoms with van der Waals surface area (Å²) in [5.41, 5.74) is 8.54. The van der Waals surface area contributed by atoms with E-state index in [0.717, 1.165) is 79.9 Å². The molecule has 0 radical (unpaired) electrons. The van der Waals surface area contributed by atoms with Gasteiger partial charge < -0.3 is 5.11 Å². The minimum absolute atomic E-state index is 0.0223. The van der Waals surface area contributed by atoms with E-state index in [1.165, 1.54) is 0 Å². The Hall–Kier alpha value is -6.29. The molecular formula is C48H44N6O2S. The molecule has 3 heterocycles. The highest BCUT2D eigenvalue weighted by molar-refractivity contribution is 7.10. The fourth-order valence-electron chi connectivity index (χ4n) is 7.88. The first kappa shape index (κ1) is 37.6. The van der Waals surface area contributed by atoms with Gasteiger partial charge in [-0.1, -0.05) is 153 Å². The summed E-state index contributed by atoms with van der Waals surface area (Å²) in [4.78, 5) is 20.2.